The van der Waals surface area contributed by atoms with Gasteiger partial charge in [0.15, 0.2) is 0 Å². The van der Waals surface area contributed by atoms with Crippen LogP contribution in [-0.2, 0) is 14.8 Å². The zero-order valence-electron chi connectivity index (χ0n) is 15.4. The molecule has 0 aliphatic carbocycles. The van der Waals surface area contributed by atoms with E-state index in [1.807, 2.05) is 25.1 Å². The molecule has 0 fully saturated rings. The largest absolute Gasteiger partial charge is 0.442 e. The Balaban J connectivity index is 1.78. The number of benzene rings is 2. The molecular weight excluding hydrogens is 416 g/mol. The minimum Gasteiger partial charge on any atom is -0.325 e. The molecule has 0 aliphatic rings. The molecule has 9 nitrogen and oxygen atoms in total. The van der Waals surface area contributed by atoms with E-state index in [1.54, 1.807) is 12.1 Å². The monoisotopic (exact) mass is 435 g/mol. The molecule has 1 unspecified atom stereocenters. The van der Waals surface area contributed by atoms with Crippen molar-refractivity contribution >= 4 is 33.4 Å². The van der Waals surface area contributed by atoms with Crippen LogP contribution < -0.4 is 20.8 Å². The molecular formula is C18H19N4O5S2+. The number of para-hydroxylation sites is 1. The summed E-state index contributed by atoms with van der Waals surface area (Å²) in [5.41, 5.74) is 0.524. The fourth-order valence-corrected chi connectivity index (χ4v) is 4.02. The quantitative estimate of drug-likeness (QED) is 0.379. The van der Waals surface area contributed by atoms with Gasteiger partial charge < -0.3 is 5.32 Å². The van der Waals surface area contributed by atoms with Gasteiger partial charge in [-0.2, -0.15) is 0 Å². The van der Waals surface area contributed by atoms with Gasteiger partial charge in [0.1, 0.15) is 0 Å². The lowest BCUT2D eigenvalue weighted by Gasteiger charge is -2.12. The SMILES string of the molecule is CCC(Sc1c(=O)o[nH][n+]1-c1ccccc1)C(=O)Nc1ccc(S(N)(=O)=O)cc1. The topological polar surface area (TPSA) is 139 Å². The third kappa shape index (κ3) is 4.94. The molecule has 0 bridgehead atoms. The fourth-order valence-electron chi connectivity index (χ4n) is 2.52. The van der Waals surface area contributed by atoms with Crippen molar-refractivity contribution < 1.29 is 22.4 Å². The first kappa shape index (κ1) is 20.8. The van der Waals surface area contributed by atoms with Crippen molar-refractivity contribution in [2.45, 2.75) is 28.5 Å². The van der Waals surface area contributed by atoms with E-state index in [0.29, 0.717) is 17.8 Å². The Bertz CT molecular complexity index is 1150. The summed E-state index contributed by atoms with van der Waals surface area (Å²) in [5.74, 6) is -0.332. The van der Waals surface area contributed by atoms with Crippen molar-refractivity contribution in [3.8, 4) is 5.69 Å². The maximum Gasteiger partial charge on any atom is 0.442 e. The van der Waals surface area contributed by atoms with Gasteiger partial charge >= 0.3 is 10.7 Å². The Morgan fingerprint density at radius 2 is 1.86 bits per heavy atom. The Hall–Kier alpha value is -2.89. The van der Waals surface area contributed by atoms with E-state index in [4.69, 9.17) is 9.66 Å². The van der Waals surface area contributed by atoms with Crippen LogP contribution in [0.2, 0.25) is 0 Å². The summed E-state index contributed by atoms with van der Waals surface area (Å²) < 4.78 is 29.0. The molecule has 0 spiro atoms. The van der Waals surface area contributed by atoms with Crippen LogP contribution in [-0.4, -0.2) is 24.8 Å². The maximum atomic E-state index is 12.7. The molecule has 4 N–H and O–H groups in total. The predicted molar refractivity (Wildman–Crippen MR) is 107 cm³/mol. The minimum atomic E-state index is -3.81. The first-order valence-electron chi connectivity index (χ1n) is 8.59. The first-order valence-corrected chi connectivity index (χ1v) is 11.0. The first-order chi connectivity index (χ1) is 13.8. The molecule has 0 saturated heterocycles. The third-order valence-corrected chi connectivity index (χ3v) is 6.32. The number of anilines is 1. The second-order valence-electron chi connectivity index (χ2n) is 6.03. The molecule has 3 aromatic rings. The number of hydrogen-bond acceptors (Lipinski definition) is 6. The van der Waals surface area contributed by atoms with E-state index >= 15 is 0 Å². The number of carbonyl (C=O) groups excluding carboxylic acids is 1. The molecule has 29 heavy (non-hydrogen) atoms. The number of primary sulfonamides is 1. The summed E-state index contributed by atoms with van der Waals surface area (Å²) in [6, 6.07) is 14.6. The average Bonchev–Trinajstić information content (AvgIpc) is 3.06. The van der Waals surface area contributed by atoms with Crippen LogP contribution in [0.25, 0.3) is 5.69 Å². The summed E-state index contributed by atoms with van der Waals surface area (Å²) in [7, 11) is -3.81. The van der Waals surface area contributed by atoms with Gasteiger partial charge in [0.25, 0.3) is 0 Å². The van der Waals surface area contributed by atoms with E-state index in [2.05, 4.69) is 10.6 Å². The number of thioether (sulfide) groups is 1. The Morgan fingerprint density at radius 3 is 2.45 bits per heavy atom. The van der Waals surface area contributed by atoms with Crippen LogP contribution in [0.4, 0.5) is 5.69 Å². The van der Waals surface area contributed by atoms with Gasteiger partial charge in [-0.25, -0.2) is 18.4 Å². The smallest absolute Gasteiger partial charge is 0.325 e. The number of aromatic amines is 1. The molecule has 0 radical (unpaired) electrons. The lowest BCUT2D eigenvalue weighted by atomic mass is 10.3. The second kappa shape index (κ2) is 8.64. The number of nitrogens with two attached hydrogens (primary N) is 1. The van der Waals surface area contributed by atoms with Gasteiger partial charge in [-0.05, 0) is 52.4 Å². The van der Waals surface area contributed by atoms with Gasteiger partial charge in [0.2, 0.25) is 21.6 Å². The molecule has 1 atom stereocenters. The van der Waals surface area contributed by atoms with Crippen molar-refractivity contribution in [1.29, 1.82) is 0 Å². The highest BCUT2D eigenvalue weighted by molar-refractivity contribution is 8.00. The molecule has 0 saturated carbocycles. The summed E-state index contributed by atoms with van der Waals surface area (Å²) in [4.78, 5) is 24.8. The Morgan fingerprint density at radius 1 is 1.21 bits per heavy atom. The number of hydrogen-bond donors (Lipinski definition) is 3. The van der Waals surface area contributed by atoms with Crippen molar-refractivity contribution in [3.05, 3.63) is 65.0 Å². The van der Waals surface area contributed by atoms with E-state index in [0.717, 1.165) is 11.8 Å². The van der Waals surface area contributed by atoms with Crippen LogP contribution in [0.15, 0.2) is 73.8 Å². The number of sulfonamides is 1. The summed E-state index contributed by atoms with van der Waals surface area (Å²) in [6.07, 6.45) is 0.450. The van der Waals surface area contributed by atoms with Crippen LogP contribution in [0.5, 0.6) is 0 Å². The number of carbonyl (C=O) groups is 1. The van der Waals surface area contributed by atoms with E-state index in [-0.39, 0.29) is 15.8 Å². The Kier molecular flexibility index (Phi) is 6.20. The molecule has 1 aromatic heterocycles. The van der Waals surface area contributed by atoms with Crippen molar-refractivity contribution in [1.82, 2.24) is 5.27 Å². The second-order valence-corrected chi connectivity index (χ2v) is 8.78. The number of aromatic nitrogens is 2. The highest BCUT2D eigenvalue weighted by atomic mass is 32.2. The highest BCUT2D eigenvalue weighted by Crippen LogP contribution is 2.23. The zero-order chi connectivity index (χ0) is 21.0. The fraction of sp³-hybridized carbons (Fsp3) is 0.167. The number of rotatable bonds is 7. The lowest BCUT2D eigenvalue weighted by Crippen LogP contribution is -2.37. The molecule has 152 valence electrons. The Labute approximate surface area is 170 Å². The summed E-state index contributed by atoms with van der Waals surface area (Å²) in [5, 5.41) is 9.98. The van der Waals surface area contributed by atoms with Crippen molar-refractivity contribution in [2.75, 3.05) is 5.32 Å². The maximum absolute atomic E-state index is 12.7. The highest BCUT2D eigenvalue weighted by Gasteiger charge is 2.30. The van der Waals surface area contributed by atoms with Crippen LogP contribution >= 0.6 is 11.8 Å². The number of nitrogens with zero attached hydrogens (tertiary/aromatic N) is 1. The average molecular weight is 436 g/mol. The van der Waals surface area contributed by atoms with Gasteiger partial charge in [0, 0.05) is 17.8 Å². The van der Waals surface area contributed by atoms with Gasteiger partial charge in [-0.1, -0.05) is 25.1 Å². The van der Waals surface area contributed by atoms with Crippen LogP contribution in [0.3, 0.4) is 0 Å². The predicted octanol–water partition coefficient (Wildman–Crippen LogP) is 1.40. The molecule has 2 aromatic carbocycles. The van der Waals surface area contributed by atoms with Gasteiger partial charge in [0.05, 0.1) is 10.1 Å². The summed E-state index contributed by atoms with van der Waals surface area (Å²) in [6.45, 7) is 1.82. The number of H-pyrrole nitrogens is 1. The standard InChI is InChI=1S/C18H18N4O5S2/c1-2-15(16(23)20-12-8-10-14(11-9-12)29(19,25)26)28-17-18(24)27-21-22(17)13-6-4-3-5-7-13/h3-11,15H,2H2,1H3,(H3-,19,20,21,23,24,25,26)/p+1. The van der Waals surface area contributed by atoms with E-state index in [9.17, 15) is 18.0 Å². The molecule has 1 amide bonds. The molecule has 1 heterocycles. The summed E-state index contributed by atoms with van der Waals surface area (Å²) >= 11 is 1.08. The van der Waals surface area contributed by atoms with Crippen LogP contribution in [0, 0.1) is 0 Å². The van der Waals surface area contributed by atoms with Gasteiger partial charge in [-0.15, -0.1) is 0 Å². The third-order valence-electron chi connectivity index (χ3n) is 3.99. The zero-order valence-corrected chi connectivity index (χ0v) is 17.0. The normalized spacial score (nSPS) is 12.5. The minimum absolute atomic E-state index is 0.0502. The number of amides is 1. The van der Waals surface area contributed by atoms with E-state index < -0.39 is 20.9 Å². The molecule has 0 aliphatic heterocycles. The lowest BCUT2D eigenvalue weighted by molar-refractivity contribution is -0.704. The van der Waals surface area contributed by atoms with Crippen LogP contribution in [0.1, 0.15) is 13.3 Å². The van der Waals surface area contributed by atoms with E-state index in [1.165, 1.54) is 28.9 Å². The molecule has 3 rings (SSSR count). The number of nitrogens with one attached hydrogen (secondary N) is 2. The van der Waals surface area contributed by atoms with Gasteiger partial charge in [-0.3, -0.25) is 9.32 Å². The van der Waals surface area contributed by atoms with Crippen molar-refractivity contribution in [2.24, 2.45) is 5.14 Å². The van der Waals surface area contributed by atoms with Crippen molar-refractivity contribution in [3.63, 3.8) is 0 Å². The molecule has 11 heteroatoms.